The predicted octanol–water partition coefficient (Wildman–Crippen LogP) is 4.46. The van der Waals surface area contributed by atoms with E-state index in [-0.39, 0.29) is 31.5 Å². The Hall–Kier alpha value is -3.51. The second kappa shape index (κ2) is 11.9. The Bertz CT molecular complexity index is 1070. The van der Waals surface area contributed by atoms with Crippen molar-refractivity contribution in [1.29, 1.82) is 0 Å². The van der Waals surface area contributed by atoms with Crippen molar-refractivity contribution in [2.45, 2.75) is 26.1 Å². The minimum Gasteiger partial charge on any atom is -0.496 e. The maximum absolute atomic E-state index is 13.1. The van der Waals surface area contributed by atoms with E-state index in [1.54, 1.807) is 38.3 Å². The fraction of sp³-hybridized carbons (Fsp3) is 0.231. The molecule has 1 N–H and O–H groups in total. The summed E-state index contributed by atoms with van der Waals surface area (Å²) < 4.78 is 11.0. The van der Waals surface area contributed by atoms with Gasteiger partial charge < -0.3 is 19.7 Å². The summed E-state index contributed by atoms with van der Waals surface area (Å²) in [5.74, 6) is 0.512. The lowest BCUT2D eigenvalue weighted by molar-refractivity contribution is -0.142. The molecule has 0 aliphatic carbocycles. The van der Waals surface area contributed by atoms with E-state index in [9.17, 15) is 9.59 Å². The summed E-state index contributed by atoms with van der Waals surface area (Å²) in [7, 11) is 1.59. The monoisotopic (exact) mass is 466 g/mol. The summed E-state index contributed by atoms with van der Waals surface area (Å²) in [6.45, 7) is 2.03. The topological polar surface area (TPSA) is 67.9 Å². The highest BCUT2D eigenvalue weighted by atomic mass is 35.5. The van der Waals surface area contributed by atoms with Crippen LogP contribution >= 0.6 is 11.6 Å². The first kappa shape index (κ1) is 24.1. The molecule has 0 saturated heterocycles. The van der Waals surface area contributed by atoms with Crippen LogP contribution in [0.3, 0.4) is 0 Å². The number of benzene rings is 3. The minimum absolute atomic E-state index is 0.235. The van der Waals surface area contributed by atoms with Gasteiger partial charge in [-0.1, -0.05) is 72.3 Å². The molecule has 0 unspecified atom stereocenters. The van der Waals surface area contributed by atoms with Crippen LogP contribution in [0.25, 0.3) is 0 Å². The number of rotatable bonds is 10. The molecule has 0 fully saturated rings. The molecule has 0 heterocycles. The second-order valence-corrected chi connectivity index (χ2v) is 7.84. The van der Waals surface area contributed by atoms with Crippen molar-refractivity contribution >= 4 is 23.4 Å². The molecule has 1 atom stereocenters. The molecule has 0 spiro atoms. The average molecular weight is 467 g/mol. The van der Waals surface area contributed by atoms with Crippen molar-refractivity contribution in [3.63, 3.8) is 0 Å². The first-order valence-corrected chi connectivity index (χ1v) is 11.0. The summed E-state index contributed by atoms with van der Waals surface area (Å²) in [6, 6.07) is 23.2. The second-order valence-electron chi connectivity index (χ2n) is 7.43. The van der Waals surface area contributed by atoms with Crippen LogP contribution < -0.4 is 14.8 Å². The Kier molecular flexibility index (Phi) is 8.72. The lowest BCUT2D eigenvalue weighted by Crippen LogP contribution is -2.48. The zero-order chi connectivity index (χ0) is 23.6. The van der Waals surface area contributed by atoms with Crippen molar-refractivity contribution in [2.24, 2.45) is 0 Å². The lowest BCUT2D eigenvalue weighted by Gasteiger charge is -2.29. The van der Waals surface area contributed by atoms with Gasteiger partial charge in [0.2, 0.25) is 5.91 Å². The van der Waals surface area contributed by atoms with E-state index in [1.807, 2.05) is 54.6 Å². The standard InChI is InChI=1S/C26H27ClN2O4/c1-19(26(31)28-16-21-12-6-8-14-23(21)32-2)29(17-20-10-4-3-5-11-20)25(30)18-33-24-15-9-7-13-22(24)27/h3-15,19H,16-18H2,1-2H3,(H,28,31)/t19-/m1/s1. The Labute approximate surface area is 199 Å². The van der Waals surface area contributed by atoms with Crippen LogP contribution in [0.4, 0.5) is 0 Å². The molecule has 2 amide bonds. The molecule has 0 aliphatic rings. The number of carbonyl (C=O) groups is 2. The molecule has 0 bridgehead atoms. The number of methoxy groups -OCH3 is 1. The molecular formula is C26H27ClN2O4. The van der Waals surface area contributed by atoms with Gasteiger partial charge in [-0.3, -0.25) is 9.59 Å². The van der Waals surface area contributed by atoms with E-state index in [0.29, 0.717) is 16.5 Å². The predicted molar refractivity (Wildman–Crippen MR) is 128 cm³/mol. The fourth-order valence-corrected chi connectivity index (χ4v) is 3.52. The van der Waals surface area contributed by atoms with Gasteiger partial charge in [0.15, 0.2) is 6.61 Å². The Morgan fingerprint density at radius 2 is 1.58 bits per heavy atom. The molecule has 3 aromatic carbocycles. The van der Waals surface area contributed by atoms with E-state index >= 15 is 0 Å². The van der Waals surface area contributed by atoms with E-state index in [4.69, 9.17) is 21.1 Å². The maximum Gasteiger partial charge on any atom is 0.261 e. The lowest BCUT2D eigenvalue weighted by atomic mass is 10.1. The number of hydrogen-bond acceptors (Lipinski definition) is 4. The summed E-state index contributed by atoms with van der Waals surface area (Å²) >= 11 is 6.13. The molecule has 7 heteroatoms. The van der Waals surface area contributed by atoms with Crippen LogP contribution in [-0.2, 0) is 22.7 Å². The zero-order valence-corrected chi connectivity index (χ0v) is 19.4. The van der Waals surface area contributed by atoms with Crippen LogP contribution in [0, 0.1) is 0 Å². The molecule has 172 valence electrons. The van der Waals surface area contributed by atoms with Gasteiger partial charge in [0, 0.05) is 18.7 Å². The number of amides is 2. The van der Waals surface area contributed by atoms with Gasteiger partial charge in [0.05, 0.1) is 12.1 Å². The molecule has 0 saturated carbocycles. The van der Waals surface area contributed by atoms with Crippen LogP contribution in [0.5, 0.6) is 11.5 Å². The summed E-state index contributed by atoms with van der Waals surface area (Å²) in [4.78, 5) is 27.6. The van der Waals surface area contributed by atoms with Crippen LogP contribution in [0.2, 0.25) is 5.02 Å². The molecule has 0 aromatic heterocycles. The van der Waals surface area contributed by atoms with E-state index < -0.39 is 6.04 Å². The van der Waals surface area contributed by atoms with Gasteiger partial charge in [-0.15, -0.1) is 0 Å². The third-order valence-electron chi connectivity index (χ3n) is 5.20. The van der Waals surface area contributed by atoms with Gasteiger partial charge in [-0.25, -0.2) is 0 Å². The number of nitrogens with zero attached hydrogens (tertiary/aromatic N) is 1. The highest BCUT2D eigenvalue weighted by Gasteiger charge is 2.26. The van der Waals surface area contributed by atoms with Crippen molar-refractivity contribution in [3.05, 3.63) is 95.0 Å². The third-order valence-corrected chi connectivity index (χ3v) is 5.51. The number of halogens is 1. The number of nitrogens with one attached hydrogen (secondary N) is 1. The normalized spacial score (nSPS) is 11.4. The van der Waals surface area contributed by atoms with E-state index in [0.717, 1.165) is 11.1 Å². The molecule has 3 rings (SSSR count). The van der Waals surface area contributed by atoms with Gasteiger partial charge in [-0.2, -0.15) is 0 Å². The van der Waals surface area contributed by atoms with Gasteiger partial charge in [0.25, 0.3) is 5.91 Å². The molecule has 0 aliphatic heterocycles. The van der Waals surface area contributed by atoms with E-state index in [2.05, 4.69) is 5.32 Å². The number of hydrogen-bond donors (Lipinski definition) is 1. The summed E-state index contributed by atoms with van der Waals surface area (Å²) in [6.07, 6.45) is 0. The molecule has 6 nitrogen and oxygen atoms in total. The first-order chi connectivity index (χ1) is 16.0. The SMILES string of the molecule is COc1ccccc1CNC(=O)[C@@H](C)N(Cc1ccccc1)C(=O)COc1ccccc1Cl. The average Bonchev–Trinajstić information content (AvgIpc) is 2.85. The van der Waals surface area contributed by atoms with Gasteiger partial charge >= 0.3 is 0 Å². The largest absolute Gasteiger partial charge is 0.496 e. The Balaban J connectivity index is 1.71. The summed E-state index contributed by atoms with van der Waals surface area (Å²) in [5, 5.41) is 3.32. The molecular weight excluding hydrogens is 440 g/mol. The maximum atomic E-state index is 13.1. The third kappa shape index (κ3) is 6.73. The number of ether oxygens (including phenoxy) is 2. The van der Waals surface area contributed by atoms with Crippen LogP contribution in [-0.4, -0.2) is 36.5 Å². The molecule has 3 aromatic rings. The first-order valence-electron chi connectivity index (χ1n) is 10.6. The van der Waals surface area contributed by atoms with Crippen molar-refractivity contribution in [1.82, 2.24) is 10.2 Å². The van der Waals surface area contributed by atoms with Crippen molar-refractivity contribution in [3.8, 4) is 11.5 Å². The smallest absolute Gasteiger partial charge is 0.261 e. The minimum atomic E-state index is -0.720. The highest BCUT2D eigenvalue weighted by Crippen LogP contribution is 2.23. The zero-order valence-electron chi connectivity index (χ0n) is 18.7. The van der Waals surface area contributed by atoms with Crippen molar-refractivity contribution < 1.29 is 19.1 Å². The molecule has 0 radical (unpaired) electrons. The van der Waals surface area contributed by atoms with Gasteiger partial charge in [0.1, 0.15) is 17.5 Å². The van der Waals surface area contributed by atoms with Gasteiger partial charge in [-0.05, 0) is 30.7 Å². The summed E-state index contributed by atoms with van der Waals surface area (Å²) in [5.41, 5.74) is 1.76. The van der Waals surface area contributed by atoms with Crippen LogP contribution in [0.1, 0.15) is 18.1 Å². The Morgan fingerprint density at radius 3 is 2.27 bits per heavy atom. The quantitative estimate of drug-likeness (QED) is 0.479. The highest BCUT2D eigenvalue weighted by molar-refractivity contribution is 6.32. The van der Waals surface area contributed by atoms with Crippen molar-refractivity contribution in [2.75, 3.05) is 13.7 Å². The number of para-hydroxylation sites is 2. The molecule has 33 heavy (non-hydrogen) atoms. The Morgan fingerprint density at radius 1 is 0.939 bits per heavy atom. The number of carbonyl (C=O) groups excluding carboxylic acids is 2. The fourth-order valence-electron chi connectivity index (χ4n) is 3.33. The van der Waals surface area contributed by atoms with Crippen LogP contribution in [0.15, 0.2) is 78.9 Å². The van der Waals surface area contributed by atoms with E-state index in [1.165, 1.54) is 4.90 Å².